The van der Waals surface area contributed by atoms with Crippen LogP contribution >= 0.6 is 0 Å². The standard InChI is InChI=1S/C27H32F3N5O/c1-2-6-24-16-22(33-35(24)23-7-4-3-5-8-23)17-26(36)32-19-34-14-13-31-18-25(34)15-20-9-11-21(12-10-20)27(28,29)30/h3-5,7-12,16,25,31H,2,6,13-15,17-19H2,1H3,(H,32,36). The summed E-state index contributed by atoms with van der Waals surface area (Å²) in [5, 5.41) is 11.0. The molecule has 0 aliphatic carbocycles. The van der Waals surface area contributed by atoms with Crippen LogP contribution in [0.15, 0.2) is 60.7 Å². The molecule has 2 N–H and O–H groups in total. The largest absolute Gasteiger partial charge is 0.416 e. The molecule has 0 bridgehead atoms. The van der Waals surface area contributed by atoms with E-state index in [0.717, 1.165) is 60.7 Å². The van der Waals surface area contributed by atoms with Crippen LogP contribution in [0.1, 0.15) is 35.9 Å². The number of hydrogen-bond donors (Lipinski definition) is 2. The van der Waals surface area contributed by atoms with E-state index in [-0.39, 0.29) is 18.4 Å². The molecule has 2 heterocycles. The van der Waals surface area contributed by atoms with E-state index >= 15 is 0 Å². The number of aromatic nitrogens is 2. The van der Waals surface area contributed by atoms with Gasteiger partial charge in [-0.2, -0.15) is 18.3 Å². The lowest BCUT2D eigenvalue weighted by atomic mass is 10.0. The molecule has 1 aliphatic rings. The van der Waals surface area contributed by atoms with Crippen LogP contribution in [0.4, 0.5) is 13.2 Å². The minimum Gasteiger partial charge on any atom is -0.343 e. The lowest BCUT2D eigenvalue weighted by molar-refractivity contribution is -0.137. The first-order valence-corrected chi connectivity index (χ1v) is 12.3. The fraction of sp³-hybridized carbons (Fsp3) is 0.407. The molecule has 1 atom stereocenters. The lowest BCUT2D eigenvalue weighted by Crippen LogP contribution is -2.55. The maximum absolute atomic E-state index is 12.9. The zero-order chi connectivity index (χ0) is 25.5. The van der Waals surface area contributed by atoms with Crippen LogP contribution in [0, 0.1) is 0 Å². The van der Waals surface area contributed by atoms with Crippen molar-refractivity contribution in [3.63, 3.8) is 0 Å². The highest BCUT2D eigenvalue weighted by molar-refractivity contribution is 5.78. The van der Waals surface area contributed by atoms with Crippen molar-refractivity contribution >= 4 is 5.91 Å². The molecule has 1 aliphatic heterocycles. The van der Waals surface area contributed by atoms with Crippen molar-refractivity contribution in [1.82, 2.24) is 25.3 Å². The molecular formula is C27H32F3N5O. The van der Waals surface area contributed by atoms with Crippen LogP contribution in [0.3, 0.4) is 0 Å². The summed E-state index contributed by atoms with van der Waals surface area (Å²) >= 11 is 0. The van der Waals surface area contributed by atoms with Gasteiger partial charge in [0.2, 0.25) is 5.91 Å². The molecule has 0 radical (unpaired) electrons. The van der Waals surface area contributed by atoms with Gasteiger partial charge in [-0.25, -0.2) is 4.68 Å². The average molecular weight is 500 g/mol. The molecule has 1 saturated heterocycles. The van der Waals surface area contributed by atoms with Crippen LogP contribution < -0.4 is 10.6 Å². The molecule has 6 nitrogen and oxygen atoms in total. The van der Waals surface area contributed by atoms with Crippen molar-refractivity contribution in [2.45, 2.75) is 44.8 Å². The number of para-hydroxylation sites is 1. The smallest absolute Gasteiger partial charge is 0.343 e. The third-order valence-electron chi connectivity index (χ3n) is 6.39. The Kier molecular flexibility index (Phi) is 8.43. The Bertz CT molecular complexity index is 1130. The zero-order valence-corrected chi connectivity index (χ0v) is 20.4. The number of benzene rings is 2. The highest BCUT2D eigenvalue weighted by Crippen LogP contribution is 2.29. The number of nitrogens with one attached hydrogen (secondary N) is 2. The molecule has 1 unspecified atom stereocenters. The molecule has 1 fully saturated rings. The van der Waals surface area contributed by atoms with E-state index in [1.54, 1.807) is 0 Å². The van der Waals surface area contributed by atoms with Gasteiger partial charge in [0.25, 0.3) is 0 Å². The van der Waals surface area contributed by atoms with Gasteiger partial charge < -0.3 is 10.6 Å². The fourth-order valence-electron chi connectivity index (χ4n) is 4.52. The third kappa shape index (κ3) is 6.73. The van der Waals surface area contributed by atoms with E-state index in [4.69, 9.17) is 0 Å². The van der Waals surface area contributed by atoms with Gasteiger partial charge in [-0.05, 0) is 48.7 Å². The van der Waals surface area contributed by atoms with Crippen molar-refractivity contribution < 1.29 is 18.0 Å². The Morgan fingerprint density at radius 2 is 1.89 bits per heavy atom. The number of nitrogens with zero attached hydrogens (tertiary/aromatic N) is 3. The van der Waals surface area contributed by atoms with Crippen molar-refractivity contribution in [1.29, 1.82) is 0 Å². The second-order valence-electron chi connectivity index (χ2n) is 9.13. The van der Waals surface area contributed by atoms with Gasteiger partial charge >= 0.3 is 6.18 Å². The third-order valence-corrected chi connectivity index (χ3v) is 6.39. The maximum Gasteiger partial charge on any atom is 0.416 e. The van der Waals surface area contributed by atoms with Gasteiger partial charge in [-0.15, -0.1) is 0 Å². The molecule has 4 rings (SSSR count). The molecule has 1 aromatic heterocycles. The Morgan fingerprint density at radius 1 is 1.14 bits per heavy atom. The summed E-state index contributed by atoms with van der Waals surface area (Å²) in [6.45, 7) is 4.74. The summed E-state index contributed by atoms with van der Waals surface area (Å²) in [7, 11) is 0. The molecule has 9 heteroatoms. The number of amides is 1. The van der Waals surface area contributed by atoms with Gasteiger partial charge in [0, 0.05) is 31.4 Å². The van der Waals surface area contributed by atoms with Crippen LogP contribution in [0.2, 0.25) is 0 Å². The summed E-state index contributed by atoms with van der Waals surface area (Å²) in [5.74, 6) is -0.109. The molecule has 2 aromatic carbocycles. The van der Waals surface area contributed by atoms with Gasteiger partial charge in [0.05, 0.1) is 30.0 Å². The van der Waals surface area contributed by atoms with Crippen molar-refractivity contribution in [3.8, 4) is 5.69 Å². The zero-order valence-electron chi connectivity index (χ0n) is 20.4. The van der Waals surface area contributed by atoms with E-state index < -0.39 is 11.7 Å². The second kappa shape index (κ2) is 11.7. The molecular weight excluding hydrogens is 467 g/mol. The molecule has 1 amide bonds. The van der Waals surface area contributed by atoms with E-state index in [1.165, 1.54) is 12.1 Å². The Labute approximate surface area is 209 Å². The maximum atomic E-state index is 12.9. The van der Waals surface area contributed by atoms with Crippen molar-refractivity contribution in [3.05, 3.63) is 83.2 Å². The van der Waals surface area contributed by atoms with Crippen molar-refractivity contribution in [2.75, 3.05) is 26.3 Å². The minimum absolute atomic E-state index is 0.0734. The molecule has 3 aromatic rings. The summed E-state index contributed by atoms with van der Waals surface area (Å²) in [4.78, 5) is 14.9. The first-order valence-electron chi connectivity index (χ1n) is 12.3. The summed E-state index contributed by atoms with van der Waals surface area (Å²) in [5.41, 5.74) is 2.96. The summed E-state index contributed by atoms with van der Waals surface area (Å²) < 4.78 is 40.5. The fourth-order valence-corrected chi connectivity index (χ4v) is 4.52. The number of hydrogen-bond acceptors (Lipinski definition) is 4. The number of rotatable bonds is 9. The SMILES string of the molecule is CCCc1cc(CC(=O)NCN2CCNCC2Cc2ccc(C(F)(F)F)cc2)nn1-c1ccccc1. The number of halogens is 3. The summed E-state index contributed by atoms with van der Waals surface area (Å²) in [6, 6.07) is 17.3. The van der Waals surface area contributed by atoms with E-state index in [9.17, 15) is 18.0 Å². The van der Waals surface area contributed by atoms with Gasteiger partial charge in [0.1, 0.15) is 0 Å². The van der Waals surface area contributed by atoms with E-state index in [2.05, 4.69) is 27.6 Å². The Morgan fingerprint density at radius 3 is 2.58 bits per heavy atom. The minimum atomic E-state index is -4.34. The molecule has 36 heavy (non-hydrogen) atoms. The molecule has 192 valence electrons. The van der Waals surface area contributed by atoms with Gasteiger partial charge in [-0.1, -0.05) is 43.7 Å². The lowest BCUT2D eigenvalue weighted by Gasteiger charge is -2.36. The van der Waals surface area contributed by atoms with Gasteiger partial charge in [-0.3, -0.25) is 9.69 Å². The topological polar surface area (TPSA) is 62.2 Å². The highest BCUT2D eigenvalue weighted by atomic mass is 19.4. The number of carbonyl (C=O) groups excluding carboxylic acids is 1. The van der Waals surface area contributed by atoms with Crippen molar-refractivity contribution in [2.24, 2.45) is 0 Å². The van der Waals surface area contributed by atoms with E-state index in [0.29, 0.717) is 19.6 Å². The second-order valence-corrected chi connectivity index (χ2v) is 9.13. The first kappa shape index (κ1) is 25.9. The average Bonchev–Trinajstić information content (AvgIpc) is 3.26. The molecule has 0 saturated carbocycles. The number of piperazine rings is 1. The van der Waals surface area contributed by atoms with E-state index in [1.807, 2.05) is 41.1 Å². The Hall–Kier alpha value is -3.17. The van der Waals surface area contributed by atoms with Crippen LogP contribution in [0.25, 0.3) is 5.69 Å². The number of carbonyl (C=O) groups is 1. The monoisotopic (exact) mass is 499 g/mol. The van der Waals surface area contributed by atoms with Crippen LogP contribution in [-0.2, 0) is 30.2 Å². The first-order chi connectivity index (χ1) is 17.3. The van der Waals surface area contributed by atoms with Crippen LogP contribution in [-0.4, -0.2) is 52.9 Å². The summed E-state index contributed by atoms with van der Waals surface area (Å²) in [6.07, 6.45) is -1.70. The van der Waals surface area contributed by atoms with Crippen LogP contribution in [0.5, 0.6) is 0 Å². The predicted molar refractivity (Wildman–Crippen MR) is 133 cm³/mol. The molecule has 0 spiro atoms. The number of aryl methyl sites for hydroxylation is 1. The quantitative estimate of drug-likeness (QED) is 0.468. The Balaban J connectivity index is 1.35. The number of alkyl halides is 3. The predicted octanol–water partition coefficient (Wildman–Crippen LogP) is 3.98. The van der Waals surface area contributed by atoms with Gasteiger partial charge in [0.15, 0.2) is 0 Å². The normalized spacial score (nSPS) is 16.7. The highest BCUT2D eigenvalue weighted by Gasteiger charge is 2.30.